The van der Waals surface area contributed by atoms with Crippen LogP contribution in [0.15, 0.2) is 18.5 Å². The van der Waals surface area contributed by atoms with Crippen molar-refractivity contribution in [2.75, 3.05) is 18.5 Å². The van der Waals surface area contributed by atoms with Crippen LogP contribution in [0.5, 0.6) is 0 Å². The van der Waals surface area contributed by atoms with E-state index in [4.69, 9.17) is 0 Å². The number of nitrogens with zero attached hydrogens (tertiary/aromatic N) is 2. The van der Waals surface area contributed by atoms with Crippen molar-refractivity contribution in [3.05, 3.63) is 24.0 Å². The van der Waals surface area contributed by atoms with Gasteiger partial charge in [0.1, 0.15) is 0 Å². The van der Waals surface area contributed by atoms with E-state index < -0.39 is 0 Å². The molecule has 0 spiro atoms. The number of pyridine rings is 1. The Hall–Kier alpha value is -1.09. The average molecular weight is 235 g/mol. The Morgan fingerprint density at radius 1 is 1.35 bits per heavy atom. The molecule has 1 N–H and O–H groups in total. The van der Waals surface area contributed by atoms with Gasteiger partial charge in [-0.2, -0.15) is 0 Å². The SMILES string of the molecule is CCCN(C)c1ccncc1CNC(C)(C)C. The van der Waals surface area contributed by atoms with E-state index >= 15 is 0 Å². The van der Waals surface area contributed by atoms with Crippen LogP contribution < -0.4 is 10.2 Å². The molecule has 3 heteroatoms. The van der Waals surface area contributed by atoms with Crippen molar-refractivity contribution in [3.63, 3.8) is 0 Å². The lowest BCUT2D eigenvalue weighted by atomic mass is 10.1. The number of aromatic nitrogens is 1. The normalized spacial score (nSPS) is 11.6. The first-order valence-electron chi connectivity index (χ1n) is 6.33. The topological polar surface area (TPSA) is 28.2 Å². The van der Waals surface area contributed by atoms with Crippen molar-refractivity contribution < 1.29 is 0 Å². The molecule has 1 heterocycles. The highest BCUT2D eigenvalue weighted by atomic mass is 15.1. The van der Waals surface area contributed by atoms with Gasteiger partial charge in [0.05, 0.1) is 0 Å². The maximum atomic E-state index is 4.22. The molecule has 1 aromatic rings. The number of hydrogen-bond acceptors (Lipinski definition) is 3. The van der Waals surface area contributed by atoms with Gasteiger partial charge in [0, 0.05) is 49.3 Å². The van der Waals surface area contributed by atoms with Crippen molar-refractivity contribution in [1.29, 1.82) is 0 Å². The minimum Gasteiger partial charge on any atom is -0.374 e. The third kappa shape index (κ3) is 4.73. The van der Waals surface area contributed by atoms with Crippen molar-refractivity contribution in [1.82, 2.24) is 10.3 Å². The van der Waals surface area contributed by atoms with Crippen LogP contribution in [0.1, 0.15) is 39.7 Å². The molecule has 1 rings (SSSR count). The van der Waals surface area contributed by atoms with Gasteiger partial charge >= 0.3 is 0 Å². The molecule has 0 unspecified atom stereocenters. The molecule has 17 heavy (non-hydrogen) atoms. The lowest BCUT2D eigenvalue weighted by Crippen LogP contribution is -2.35. The summed E-state index contributed by atoms with van der Waals surface area (Å²) in [5.41, 5.74) is 2.67. The molecule has 0 amide bonds. The molecule has 0 saturated carbocycles. The monoisotopic (exact) mass is 235 g/mol. The molecule has 0 aliphatic carbocycles. The fourth-order valence-corrected chi connectivity index (χ4v) is 1.74. The fourth-order valence-electron chi connectivity index (χ4n) is 1.74. The molecular weight excluding hydrogens is 210 g/mol. The van der Waals surface area contributed by atoms with Crippen LogP contribution in [-0.4, -0.2) is 24.1 Å². The molecule has 0 radical (unpaired) electrons. The summed E-state index contributed by atoms with van der Waals surface area (Å²) in [4.78, 5) is 6.51. The minimum atomic E-state index is 0.135. The summed E-state index contributed by atoms with van der Waals surface area (Å²) in [5.74, 6) is 0. The quantitative estimate of drug-likeness (QED) is 0.850. The van der Waals surface area contributed by atoms with Crippen molar-refractivity contribution in [2.24, 2.45) is 0 Å². The zero-order valence-electron chi connectivity index (χ0n) is 11.7. The van der Waals surface area contributed by atoms with Crippen molar-refractivity contribution in [2.45, 2.75) is 46.2 Å². The average Bonchev–Trinajstić information content (AvgIpc) is 2.26. The lowest BCUT2D eigenvalue weighted by Gasteiger charge is -2.25. The Bertz CT molecular complexity index is 342. The van der Waals surface area contributed by atoms with Gasteiger partial charge < -0.3 is 10.2 Å². The molecule has 3 nitrogen and oxygen atoms in total. The van der Waals surface area contributed by atoms with Gasteiger partial charge in [0.2, 0.25) is 0 Å². The van der Waals surface area contributed by atoms with Crippen LogP contribution in [0.3, 0.4) is 0 Å². The molecule has 0 saturated heterocycles. The van der Waals surface area contributed by atoms with Gasteiger partial charge in [-0.25, -0.2) is 0 Å². The summed E-state index contributed by atoms with van der Waals surface area (Å²) in [7, 11) is 2.14. The highest BCUT2D eigenvalue weighted by Gasteiger charge is 2.11. The summed E-state index contributed by atoms with van der Waals surface area (Å²) in [6.45, 7) is 10.7. The van der Waals surface area contributed by atoms with E-state index in [2.05, 4.69) is 56.0 Å². The maximum Gasteiger partial charge on any atom is 0.0440 e. The van der Waals surface area contributed by atoms with E-state index in [9.17, 15) is 0 Å². The van der Waals surface area contributed by atoms with E-state index in [1.54, 1.807) is 0 Å². The molecule has 0 atom stereocenters. The summed E-state index contributed by atoms with van der Waals surface area (Å²) in [6, 6.07) is 2.09. The predicted octanol–water partition coefficient (Wildman–Crippen LogP) is 2.82. The molecule has 0 fully saturated rings. The van der Waals surface area contributed by atoms with Gasteiger partial charge in [-0.15, -0.1) is 0 Å². The Kier molecular flexibility index (Phi) is 4.94. The number of rotatable bonds is 5. The third-order valence-corrected chi connectivity index (χ3v) is 2.66. The van der Waals surface area contributed by atoms with Crippen LogP contribution in [0, 0.1) is 0 Å². The van der Waals surface area contributed by atoms with Gasteiger partial charge in [0.15, 0.2) is 0 Å². The summed E-state index contributed by atoms with van der Waals surface area (Å²) >= 11 is 0. The van der Waals surface area contributed by atoms with E-state index in [-0.39, 0.29) is 5.54 Å². The molecule has 1 aromatic heterocycles. The molecule has 0 aliphatic heterocycles. The second-order valence-electron chi connectivity index (χ2n) is 5.53. The molecular formula is C14H25N3. The highest BCUT2D eigenvalue weighted by molar-refractivity contribution is 5.51. The van der Waals surface area contributed by atoms with E-state index in [1.165, 1.54) is 11.3 Å². The van der Waals surface area contributed by atoms with Gasteiger partial charge in [-0.3, -0.25) is 4.98 Å². The zero-order chi connectivity index (χ0) is 12.9. The highest BCUT2D eigenvalue weighted by Crippen LogP contribution is 2.18. The Morgan fingerprint density at radius 2 is 2.06 bits per heavy atom. The first kappa shape index (κ1) is 14.0. The molecule has 96 valence electrons. The lowest BCUT2D eigenvalue weighted by molar-refractivity contribution is 0.424. The number of anilines is 1. The van der Waals surface area contributed by atoms with Crippen molar-refractivity contribution in [3.8, 4) is 0 Å². The second kappa shape index (κ2) is 6.01. The smallest absolute Gasteiger partial charge is 0.0440 e. The standard InChI is InChI=1S/C14H25N3/c1-6-9-17(5)13-7-8-15-10-12(13)11-16-14(2,3)4/h7-8,10,16H,6,9,11H2,1-5H3. The Balaban J connectivity index is 2.77. The van der Waals surface area contributed by atoms with Crippen LogP contribution in [0.4, 0.5) is 5.69 Å². The van der Waals surface area contributed by atoms with Gasteiger partial charge in [-0.1, -0.05) is 6.92 Å². The zero-order valence-corrected chi connectivity index (χ0v) is 11.7. The minimum absolute atomic E-state index is 0.135. The number of hydrogen-bond donors (Lipinski definition) is 1. The van der Waals surface area contributed by atoms with Gasteiger partial charge in [-0.05, 0) is 33.3 Å². The second-order valence-corrected chi connectivity index (χ2v) is 5.53. The number of nitrogens with one attached hydrogen (secondary N) is 1. The van der Waals surface area contributed by atoms with E-state index in [0.29, 0.717) is 0 Å². The largest absolute Gasteiger partial charge is 0.374 e. The van der Waals surface area contributed by atoms with Crippen molar-refractivity contribution >= 4 is 5.69 Å². The summed E-state index contributed by atoms with van der Waals surface area (Å²) in [6.07, 6.45) is 4.98. The first-order chi connectivity index (χ1) is 7.94. The fraction of sp³-hybridized carbons (Fsp3) is 0.643. The van der Waals surface area contributed by atoms with Gasteiger partial charge in [0.25, 0.3) is 0 Å². The molecule has 0 aliphatic rings. The maximum absolute atomic E-state index is 4.22. The molecule has 0 bridgehead atoms. The predicted molar refractivity (Wildman–Crippen MR) is 74.4 cm³/mol. The Morgan fingerprint density at radius 3 is 2.65 bits per heavy atom. The summed E-state index contributed by atoms with van der Waals surface area (Å²) in [5, 5.41) is 3.51. The van der Waals surface area contributed by atoms with Crippen LogP contribution in [0.2, 0.25) is 0 Å². The summed E-state index contributed by atoms with van der Waals surface area (Å²) < 4.78 is 0. The van der Waals surface area contributed by atoms with Crippen LogP contribution in [-0.2, 0) is 6.54 Å². The first-order valence-corrected chi connectivity index (χ1v) is 6.33. The van der Waals surface area contributed by atoms with E-state index in [1.807, 2.05) is 12.4 Å². The van der Waals surface area contributed by atoms with Crippen LogP contribution in [0.25, 0.3) is 0 Å². The third-order valence-electron chi connectivity index (χ3n) is 2.66. The Labute approximate surface area is 105 Å². The molecule has 0 aromatic carbocycles. The van der Waals surface area contributed by atoms with Crippen LogP contribution >= 0.6 is 0 Å². The van der Waals surface area contributed by atoms with E-state index in [0.717, 1.165) is 19.5 Å².